The number of morpholine rings is 2. The van der Waals surface area contributed by atoms with Gasteiger partial charge in [-0.15, -0.1) is 0 Å². The highest BCUT2D eigenvalue weighted by Crippen LogP contribution is 2.38. The highest BCUT2D eigenvalue weighted by molar-refractivity contribution is 8.00. The third kappa shape index (κ3) is 55.9. The van der Waals surface area contributed by atoms with E-state index in [2.05, 4.69) is 132 Å². The first-order chi connectivity index (χ1) is 64.2. The topological polar surface area (TPSA) is 498 Å². The number of amides is 3. The van der Waals surface area contributed by atoms with Crippen LogP contribution in [-0.2, 0) is 76.5 Å². The van der Waals surface area contributed by atoms with Crippen molar-refractivity contribution in [2.45, 2.75) is 243 Å². The molecule has 3 amide bonds. The average Bonchev–Trinajstić information content (AvgIpc) is 1.18. The number of ketones is 1. The number of carbonyl (C=O) groups is 4. The number of unbranched alkanes of at least 4 members (excludes halogenated alkanes) is 3. The van der Waals surface area contributed by atoms with Crippen molar-refractivity contribution in [3.63, 3.8) is 0 Å². The Morgan fingerprint density at radius 3 is 1.16 bits per heavy atom. The number of Topliss-reactive ketones (excluding diaryl/α,β-unsaturated/α-hetero) is 1. The molecule has 16 saturated heterocycles. The highest BCUT2D eigenvalue weighted by Gasteiger charge is 2.44. The second kappa shape index (κ2) is 69.9. The van der Waals surface area contributed by atoms with Crippen molar-refractivity contribution in [2.24, 2.45) is 72.2 Å². The summed E-state index contributed by atoms with van der Waals surface area (Å²) in [4.78, 5) is 47.7. The number of carbonyl (C=O) groups excluding carboxylic acids is 4. The summed E-state index contributed by atoms with van der Waals surface area (Å²) >= 11 is 0. The smallest absolute Gasteiger partial charge is 0.226 e. The van der Waals surface area contributed by atoms with Gasteiger partial charge in [-0.1, -0.05) is 94.2 Å². The first-order valence-electron chi connectivity index (χ1n) is 51.5. The molecule has 0 bridgehead atoms. The van der Waals surface area contributed by atoms with Crippen molar-refractivity contribution in [2.75, 3.05) is 299 Å². The largest absolute Gasteiger partial charge is 0.390 e. The van der Waals surface area contributed by atoms with E-state index < -0.39 is 49.9 Å². The lowest BCUT2D eigenvalue weighted by Crippen LogP contribution is -2.59. The predicted molar refractivity (Wildman–Crippen MR) is 572 cm³/mol. The van der Waals surface area contributed by atoms with Crippen LogP contribution in [0, 0.1) is 49.2 Å². The van der Waals surface area contributed by atoms with E-state index in [-0.39, 0.29) is 43.2 Å². The summed E-state index contributed by atoms with van der Waals surface area (Å²) in [5.74, 6) is 11.6. The van der Waals surface area contributed by atoms with Crippen molar-refractivity contribution in [3.8, 4) is 0 Å². The molecule has 1 atom stereocenters. The quantitative estimate of drug-likeness (QED) is 0.0320. The van der Waals surface area contributed by atoms with Crippen LogP contribution in [0.25, 0.3) is 0 Å². The van der Waals surface area contributed by atoms with Crippen LogP contribution >= 0.6 is 0 Å². The summed E-state index contributed by atoms with van der Waals surface area (Å²) in [7, 11) is -4.60. The molecule has 0 aromatic rings. The fourth-order valence-corrected chi connectivity index (χ4v) is 19.2. The van der Waals surface area contributed by atoms with Crippen LogP contribution in [0.2, 0.25) is 0 Å². The van der Waals surface area contributed by atoms with E-state index in [1.807, 2.05) is 62.3 Å². The fourth-order valence-electron chi connectivity index (χ4n) is 14.9. The SMILES string of the molecule is C.C1CC2(CCO1)CNC2.C1CN(C2CNC2)CCO1.C1COCCN1.C=C1COCC2(CNC2)C1.C=S1(=O)CCC2(CC1)CNC2.C=S1(=O)CCNCC1.CC(=O)C(C)(C)C1CNC1.CC1(C)CCNCC1.CCC1CN1.CCCCCNC(=O)C(C)(C)CN.CCCCNC(=O)C(C)(C)CN.CCCNC(=O)C(C)(C)CN.COC1CNC1.CS(=O)(=O)C1(CN)CCOCC1.OC1CNC1. The number of aliphatic hydroxyl groups is 1. The molecule has 16 heterocycles. The van der Waals surface area contributed by atoms with Crippen molar-refractivity contribution in [3.05, 3.63) is 12.2 Å². The summed E-state index contributed by atoms with van der Waals surface area (Å²) in [6.45, 7) is 70.7. The van der Waals surface area contributed by atoms with Crippen LogP contribution in [0.15, 0.2) is 12.2 Å². The Morgan fingerprint density at radius 1 is 0.511 bits per heavy atom. The zero-order valence-corrected chi connectivity index (χ0v) is 91.0. The number of methoxy groups -OCH3 is 1. The summed E-state index contributed by atoms with van der Waals surface area (Å²) in [6, 6.07) is 1.69. The van der Waals surface area contributed by atoms with Crippen LogP contribution in [-0.4, -0.2) is 390 Å². The van der Waals surface area contributed by atoms with Gasteiger partial charge in [-0.2, -0.15) is 0 Å². The van der Waals surface area contributed by atoms with Gasteiger partial charge < -0.3 is 131 Å². The minimum absolute atomic E-state index is 0. The first kappa shape index (κ1) is 132. The maximum absolute atomic E-state index is 11.5. The van der Waals surface area contributed by atoms with Gasteiger partial charge in [0, 0.05) is 269 Å². The van der Waals surface area contributed by atoms with Gasteiger partial charge in [-0.3, -0.25) is 32.5 Å². The molecular formula is C100H209N19O15S3. The van der Waals surface area contributed by atoms with Crippen LogP contribution in [0.3, 0.4) is 0 Å². The molecule has 16 fully saturated rings. The van der Waals surface area contributed by atoms with E-state index in [0.29, 0.717) is 85.2 Å². The Balaban J connectivity index is 0.000000738. The molecule has 23 N–H and O–H groups in total. The first-order valence-corrected chi connectivity index (χ1v) is 57.5. The van der Waals surface area contributed by atoms with E-state index >= 15 is 0 Å². The molecule has 812 valence electrons. The summed E-state index contributed by atoms with van der Waals surface area (Å²) < 4.78 is 75.6. The van der Waals surface area contributed by atoms with Gasteiger partial charge in [-0.25, -0.2) is 8.42 Å². The Labute approximate surface area is 834 Å². The number of sulfone groups is 1. The zero-order valence-electron chi connectivity index (χ0n) is 88.6. The molecule has 0 aliphatic carbocycles. The highest BCUT2D eigenvalue weighted by atomic mass is 32.2. The lowest BCUT2D eigenvalue weighted by molar-refractivity contribution is -0.129. The van der Waals surface area contributed by atoms with E-state index in [0.717, 1.165) is 251 Å². The minimum atomic E-state index is -3.04. The normalized spacial score (nSPS) is 23.2. The average molecular weight is 2010 g/mol. The third-order valence-corrected chi connectivity index (χ3v) is 34.2. The molecule has 1 unspecified atom stereocenters. The molecule has 3 spiro atoms. The lowest BCUT2D eigenvalue weighted by Gasteiger charge is -2.46. The zero-order chi connectivity index (χ0) is 102. The standard InChI is InChI=1S/C10H22N2O.C9H20N2O.C8H18N2O.C8H15NOS.C8H13NO.C8H15NO.C7H14N2O.C7H15NO3S.C7H13NO.C7H15N.C5H11NOS.2C4H9NO.C4H9N.C3H7NO.CH4/c1-4-5-6-7-12-9(13)10(2,3)8-11;1-4-5-6-11-8(12)9(2,3)7-10;1-4-5-10-7(11)8(2,3)6-9;1-11(10)4-2-8(3-5-11)6-9-7-8;1-7-2-8(4-9-5-8)6-10-3-7;1-6(10)8(2,3)7-4-9-5-7;1-3-10-4-2-9(1)7-5-8-6-7;1-12(9,10)7(6-8)2-4-11-5-3-7;1-3-9-4-2-7(1)5-8-6-7;1-7(2)3-5-8-6-4-7;1-8(7)4-2-6-3-5-8;1-6-4-2-5-3-4;1-3-6-4-2-5-1;1-2-4-3-5-4;5-3-1-4-2-3;/h4-8,11H2,1-3H3,(H,12,13);4-7,10H2,1-3H3,(H,11,12);4-6,9H2,1-3H3,(H,10,11);9H,1-7H2;9H,1-6H2;7,9H,4-5H2,1-3H3;7-8H,1-6H2;2-6,8H2,1H3;8H,1-6H2;8H,3-6H2,1-2H3;6H,1-5H2;4-5H,2-3H2,1H3;5H,1-4H2;4-5H,2-3H2,1H3;3-5H,1-2H2;1H4. The monoisotopic (exact) mass is 2010 g/mol. The van der Waals surface area contributed by atoms with E-state index in [4.69, 9.17) is 56.5 Å². The Hall–Kier alpha value is -3.11. The molecular weight excluding hydrogens is 1800 g/mol. The molecule has 137 heavy (non-hydrogen) atoms. The summed E-state index contributed by atoms with van der Waals surface area (Å²) in [5, 5.41) is 52.1. The minimum Gasteiger partial charge on any atom is -0.390 e. The molecule has 0 saturated carbocycles. The second-order valence-corrected chi connectivity index (χ2v) is 50.8. The number of piperidine rings is 1. The van der Waals surface area contributed by atoms with Crippen LogP contribution in [0.1, 0.15) is 214 Å². The van der Waals surface area contributed by atoms with Gasteiger partial charge in [-0.05, 0) is 198 Å². The number of nitrogens with two attached hydrogens (primary N) is 4. The van der Waals surface area contributed by atoms with Crippen molar-refractivity contribution >= 4 is 64.1 Å². The van der Waals surface area contributed by atoms with Crippen molar-refractivity contribution < 1.29 is 69.5 Å². The van der Waals surface area contributed by atoms with E-state index in [1.165, 1.54) is 109 Å². The van der Waals surface area contributed by atoms with Gasteiger partial charge in [0.05, 0.1) is 72.8 Å². The second-order valence-electron chi connectivity index (χ2n) is 42.9. The van der Waals surface area contributed by atoms with Gasteiger partial charge in [0.2, 0.25) is 17.7 Å². The maximum atomic E-state index is 11.5. The van der Waals surface area contributed by atoms with Crippen LogP contribution in [0.4, 0.5) is 0 Å². The molecule has 0 aromatic carbocycles. The number of hydrogen-bond donors (Lipinski definition) is 19. The Bertz CT molecular complexity index is 3480. The van der Waals surface area contributed by atoms with Crippen LogP contribution < -0.4 is 97.4 Å². The molecule has 0 aromatic heterocycles. The van der Waals surface area contributed by atoms with Crippen molar-refractivity contribution in [1.29, 1.82) is 0 Å². The number of aliphatic hydroxyl groups excluding tert-OH is 1. The van der Waals surface area contributed by atoms with Crippen molar-refractivity contribution in [1.82, 2.24) is 79.3 Å². The van der Waals surface area contributed by atoms with E-state index in [9.17, 15) is 36.0 Å². The van der Waals surface area contributed by atoms with Gasteiger partial charge in [0.25, 0.3) is 0 Å². The number of β-amino-alcohol motifs (C(OH)–C–C–N with tert-alkyl or cyclic N) is 1. The summed E-state index contributed by atoms with van der Waals surface area (Å²) in [5.41, 5.74) is 24.0. The lowest BCUT2D eigenvalue weighted by atomic mass is 9.73. The predicted octanol–water partition coefficient (Wildman–Crippen LogP) is 3.21. The molecule has 16 aliphatic rings. The van der Waals surface area contributed by atoms with Gasteiger partial charge in [0.1, 0.15) is 5.78 Å². The summed E-state index contributed by atoms with van der Waals surface area (Å²) in [6.07, 6.45) is 19.2. The van der Waals surface area contributed by atoms with Gasteiger partial charge >= 0.3 is 0 Å². The third-order valence-electron chi connectivity index (χ3n) is 28.2. The van der Waals surface area contributed by atoms with Gasteiger partial charge in [0.15, 0.2) is 9.84 Å². The molecule has 0 radical (unpaired) electrons. The maximum Gasteiger partial charge on any atom is 0.226 e. The molecule has 37 heteroatoms. The van der Waals surface area contributed by atoms with Crippen LogP contribution in [0.5, 0.6) is 0 Å². The number of ether oxygens (including phenoxy) is 6. The number of nitrogens with zero attached hydrogens (tertiary/aromatic N) is 1. The number of rotatable bonds is 22. The molecule has 34 nitrogen and oxygen atoms in total. The number of nitrogens with one attached hydrogen (secondary N) is 14. The number of hydrogen-bond acceptors (Lipinski definition) is 31. The van der Waals surface area contributed by atoms with E-state index in [1.54, 1.807) is 14.0 Å². The Kier molecular flexibility index (Phi) is 67.3. The molecule has 16 aliphatic heterocycles. The Morgan fingerprint density at radius 2 is 0.912 bits per heavy atom. The fraction of sp³-hybridized carbons (Fsp3) is 0.920. The molecule has 16 rings (SSSR count).